The average Bonchev–Trinajstić information content (AvgIpc) is 3.28. The van der Waals surface area contributed by atoms with Crippen LogP contribution in [-0.2, 0) is 21.6 Å². The van der Waals surface area contributed by atoms with Crippen molar-refractivity contribution in [2.45, 2.75) is 31.5 Å². The molecule has 2 aromatic carbocycles. The number of hydrogen-bond donors (Lipinski definition) is 0. The summed E-state index contributed by atoms with van der Waals surface area (Å²) in [4.78, 5) is 23.5. The molecule has 1 radical (unpaired) electrons. The lowest BCUT2D eigenvalue weighted by atomic mass is 9.80. The molecule has 5 nitrogen and oxygen atoms in total. The number of nitrogens with zero attached hydrogens (tertiary/aromatic N) is 3. The van der Waals surface area contributed by atoms with Gasteiger partial charge in [-0.3, -0.25) is 14.5 Å². The Balaban J connectivity index is 1.42. The quantitative estimate of drug-likeness (QED) is 0.825. The molecule has 5 heteroatoms. The zero-order valence-corrected chi connectivity index (χ0v) is 16.7. The van der Waals surface area contributed by atoms with E-state index in [-0.39, 0.29) is 11.3 Å². The minimum absolute atomic E-state index is 0.0274. The smallest absolute Gasteiger partial charge is 0.261 e. The summed E-state index contributed by atoms with van der Waals surface area (Å²) in [6, 6.07) is 16.4. The van der Waals surface area contributed by atoms with Gasteiger partial charge in [-0.05, 0) is 36.2 Å². The number of hydroxylamine groups is 2. The number of benzene rings is 2. The largest absolute Gasteiger partial charge is 0.358 e. The molecule has 2 saturated heterocycles. The van der Waals surface area contributed by atoms with E-state index in [9.17, 15) is 4.79 Å². The van der Waals surface area contributed by atoms with E-state index in [0.29, 0.717) is 19.3 Å². The van der Waals surface area contributed by atoms with Gasteiger partial charge in [-0.25, -0.2) is 5.06 Å². The summed E-state index contributed by atoms with van der Waals surface area (Å²) >= 11 is 0. The van der Waals surface area contributed by atoms with Crippen LogP contribution in [0.25, 0.3) is 0 Å². The molecule has 0 bridgehead atoms. The van der Waals surface area contributed by atoms with E-state index in [1.807, 2.05) is 30.3 Å². The molecule has 3 aliphatic rings. The molecular weight excluding hydrogens is 350 g/mol. The van der Waals surface area contributed by atoms with Crippen LogP contribution in [0.3, 0.4) is 0 Å². The van der Waals surface area contributed by atoms with Crippen molar-refractivity contribution in [3.8, 4) is 0 Å². The monoisotopic (exact) mass is 376 g/mol. The van der Waals surface area contributed by atoms with Gasteiger partial charge in [-0.15, -0.1) is 0 Å². The number of amides is 1. The molecule has 2 fully saturated rings. The van der Waals surface area contributed by atoms with Crippen molar-refractivity contribution in [2.24, 2.45) is 0 Å². The van der Waals surface area contributed by atoms with Crippen molar-refractivity contribution in [1.29, 1.82) is 0 Å². The summed E-state index contributed by atoms with van der Waals surface area (Å²) in [6.07, 6.45) is 1.52. The Bertz CT molecular complexity index is 915. The maximum absolute atomic E-state index is 13.0. The second-order valence-corrected chi connectivity index (χ2v) is 8.44. The van der Waals surface area contributed by atoms with Crippen molar-refractivity contribution in [1.82, 2.24) is 9.96 Å². The van der Waals surface area contributed by atoms with E-state index in [0.717, 1.165) is 30.0 Å². The number of hydrogen-bond acceptors (Lipinski definition) is 4. The first-order valence-electron chi connectivity index (χ1n) is 9.91. The third-order valence-electron chi connectivity index (χ3n) is 6.70. The van der Waals surface area contributed by atoms with Crippen LogP contribution in [0.2, 0.25) is 0 Å². The van der Waals surface area contributed by atoms with Gasteiger partial charge in [-0.2, -0.15) is 0 Å². The van der Waals surface area contributed by atoms with Crippen molar-refractivity contribution < 1.29 is 9.63 Å². The molecule has 28 heavy (non-hydrogen) atoms. The lowest BCUT2D eigenvalue weighted by molar-refractivity contribution is -0.164. The molecular formula is C23H26N3O2. The zero-order valence-electron chi connectivity index (χ0n) is 16.7. The summed E-state index contributed by atoms with van der Waals surface area (Å²) in [7, 11) is 4.37. The summed E-state index contributed by atoms with van der Waals surface area (Å²) < 4.78 is 0. The van der Waals surface area contributed by atoms with Gasteiger partial charge in [-0.1, -0.05) is 49.4 Å². The van der Waals surface area contributed by atoms with Crippen LogP contribution in [0.4, 0.5) is 5.69 Å². The number of carbonyl (C=O) groups excluding carboxylic acids is 1. The predicted molar refractivity (Wildman–Crippen MR) is 109 cm³/mol. The number of rotatable bonds is 3. The Kier molecular flexibility index (Phi) is 4.00. The van der Waals surface area contributed by atoms with Crippen LogP contribution in [-0.4, -0.2) is 49.3 Å². The lowest BCUT2D eigenvalue weighted by Gasteiger charge is -2.32. The van der Waals surface area contributed by atoms with Crippen molar-refractivity contribution in [3.05, 3.63) is 71.1 Å². The molecule has 3 heterocycles. The Labute approximate surface area is 166 Å². The molecule has 0 saturated carbocycles. The van der Waals surface area contributed by atoms with Crippen LogP contribution in [0.1, 0.15) is 30.0 Å². The lowest BCUT2D eigenvalue weighted by Crippen LogP contribution is -2.45. The van der Waals surface area contributed by atoms with Gasteiger partial charge in [0.2, 0.25) is 0 Å². The van der Waals surface area contributed by atoms with Crippen molar-refractivity contribution in [2.75, 3.05) is 32.1 Å². The summed E-state index contributed by atoms with van der Waals surface area (Å²) in [5.41, 5.74) is 4.78. The van der Waals surface area contributed by atoms with Crippen LogP contribution in [0, 0.1) is 5.92 Å². The highest BCUT2D eigenvalue weighted by atomic mass is 16.7. The van der Waals surface area contributed by atoms with Gasteiger partial charge >= 0.3 is 0 Å². The van der Waals surface area contributed by atoms with Gasteiger partial charge in [0.15, 0.2) is 0 Å². The molecule has 145 valence electrons. The molecule has 0 unspecified atom stereocenters. The SMILES string of the molecule is CN1CC[C@@]2(C)c3cc([C]4CON(Cc5ccccc5)C4=O)ccc3N(C)[C@H]12. The maximum Gasteiger partial charge on any atom is 0.261 e. The van der Waals surface area contributed by atoms with Gasteiger partial charge in [0, 0.05) is 24.7 Å². The van der Waals surface area contributed by atoms with Crippen LogP contribution >= 0.6 is 0 Å². The molecule has 5 rings (SSSR count). The molecule has 1 amide bonds. The Morgan fingerprint density at radius 3 is 2.71 bits per heavy atom. The number of anilines is 1. The first-order valence-corrected chi connectivity index (χ1v) is 9.91. The topological polar surface area (TPSA) is 36.0 Å². The summed E-state index contributed by atoms with van der Waals surface area (Å²) in [5, 5.41) is 1.48. The number of likely N-dealkylation sites (tertiary alicyclic amines) is 1. The van der Waals surface area contributed by atoms with Crippen LogP contribution in [0.5, 0.6) is 0 Å². The fraction of sp³-hybridized carbons (Fsp3) is 0.391. The van der Waals surface area contributed by atoms with Crippen molar-refractivity contribution >= 4 is 11.6 Å². The Morgan fingerprint density at radius 2 is 1.93 bits per heavy atom. The molecule has 2 aromatic rings. The maximum atomic E-state index is 13.0. The zero-order chi connectivity index (χ0) is 19.5. The standard InChI is InChI=1S/C23H26N3O2/c1-23-11-12-24(2)22(23)25(3)20-10-9-17(13-19(20)23)18-15-28-26(21(18)27)14-16-7-5-4-6-8-16/h4-10,13,22H,11-12,14-15H2,1-3H3/t22-,23-/m0/s1. The highest BCUT2D eigenvalue weighted by Crippen LogP contribution is 2.51. The highest BCUT2D eigenvalue weighted by Gasteiger charge is 2.52. The average molecular weight is 376 g/mol. The molecule has 0 aromatic heterocycles. The minimum Gasteiger partial charge on any atom is -0.358 e. The number of fused-ring (bicyclic) bond motifs is 3. The Morgan fingerprint density at radius 1 is 1.14 bits per heavy atom. The van der Waals surface area contributed by atoms with Crippen LogP contribution < -0.4 is 4.90 Å². The molecule has 0 aliphatic carbocycles. The van der Waals surface area contributed by atoms with E-state index in [1.165, 1.54) is 16.3 Å². The first kappa shape index (κ1) is 17.7. The van der Waals surface area contributed by atoms with Gasteiger partial charge in [0.1, 0.15) is 5.92 Å². The third-order valence-corrected chi connectivity index (χ3v) is 6.70. The van der Waals surface area contributed by atoms with Gasteiger partial charge in [0.05, 0.1) is 19.3 Å². The van der Waals surface area contributed by atoms with E-state index in [1.54, 1.807) is 0 Å². The molecule has 0 spiro atoms. The molecule has 2 atom stereocenters. The van der Waals surface area contributed by atoms with Crippen molar-refractivity contribution in [3.63, 3.8) is 0 Å². The van der Waals surface area contributed by atoms with E-state index in [2.05, 4.69) is 49.0 Å². The second-order valence-electron chi connectivity index (χ2n) is 8.44. The fourth-order valence-electron chi connectivity index (χ4n) is 5.25. The first-order chi connectivity index (χ1) is 13.5. The third kappa shape index (κ3) is 2.50. The summed E-state index contributed by atoms with van der Waals surface area (Å²) in [6.45, 7) is 4.26. The molecule has 3 aliphatic heterocycles. The second kappa shape index (κ2) is 6.33. The number of carbonyl (C=O) groups is 1. The van der Waals surface area contributed by atoms with Gasteiger partial charge < -0.3 is 4.90 Å². The fourth-order valence-corrected chi connectivity index (χ4v) is 5.25. The predicted octanol–water partition coefficient (Wildman–Crippen LogP) is 2.95. The van der Waals surface area contributed by atoms with E-state index in [4.69, 9.17) is 4.84 Å². The summed E-state index contributed by atoms with van der Waals surface area (Å²) in [5.74, 6) is 0.722. The van der Waals surface area contributed by atoms with Gasteiger partial charge in [0.25, 0.3) is 5.91 Å². The van der Waals surface area contributed by atoms with E-state index >= 15 is 0 Å². The normalized spacial score (nSPS) is 27.5. The highest BCUT2D eigenvalue weighted by molar-refractivity contribution is 5.95. The Hall–Kier alpha value is -2.37. The number of likely N-dealkylation sites (N-methyl/N-ethyl adjacent to an activating group) is 2. The minimum atomic E-state index is -0.0274. The van der Waals surface area contributed by atoms with Crippen LogP contribution in [0.15, 0.2) is 48.5 Å². The van der Waals surface area contributed by atoms with E-state index < -0.39 is 0 Å². The molecule has 0 N–H and O–H groups in total.